The van der Waals surface area contributed by atoms with Crippen LogP contribution < -0.4 is 0 Å². The predicted octanol–water partition coefficient (Wildman–Crippen LogP) is 3.88. The number of nitrogens with zero attached hydrogens (tertiary/aromatic N) is 2. The minimum Gasteiger partial charge on any atom is -0.341 e. The largest absolute Gasteiger partial charge is 0.341 e. The maximum Gasteiger partial charge on any atom is 0.243 e. The van der Waals surface area contributed by atoms with Crippen molar-refractivity contribution in [1.29, 1.82) is 0 Å². The normalized spacial score (nSPS) is 18.9. The van der Waals surface area contributed by atoms with E-state index in [1.165, 1.54) is 28.6 Å². The van der Waals surface area contributed by atoms with Crippen molar-refractivity contribution in [2.24, 2.45) is 0 Å². The molecule has 1 aliphatic heterocycles. The molecule has 0 saturated carbocycles. The van der Waals surface area contributed by atoms with E-state index in [1.807, 2.05) is 0 Å². The van der Waals surface area contributed by atoms with Gasteiger partial charge in [-0.15, -0.1) is 0 Å². The fourth-order valence-electron chi connectivity index (χ4n) is 3.20. The van der Waals surface area contributed by atoms with Crippen molar-refractivity contribution >= 4 is 32.7 Å². The van der Waals surface area contributed by atoms with E-state index >= 15 is 0 Å². The first-order chi connectivity index (χ1) is 11.9. The first-order valence-electron chi connectivity index (χ1n) is 7.88. The van der Waals surface area contributed by atoms with Crippen LogP contribution in [0.5, 0.6) is 0 Å². The Bertz CT molecular complexity index is 1030. The smallest absolute Gasteiger partial charge is 0.243 e. The Morgan fingerprint density at radius 2 is 1.96 bits per heavy atom. The van der Waals surface area contributed by atoms with Crippen LogP contribution in [0.4, 0.5) is 4.39 Å². The minimum absolute atomic E-state index is 0.200. The Morgan fingerprint density at radius 3 is 2.72 bits per heavy atom. The first kappa shape index (κ1) is 16.5. The van der Waals surface area contributed by atoms with Crippen molar-refractivity contribution in [3.8, 4) is 0 Å². The van der Waals surface area contributed by atoms with E-state index in [-0.39, 0.29) is 10.7 Å². The standard InChI is InChI=1S/C17H15ClFN3O2S/c18-11-3-6-13(7-4-11)25(23,24)22-9-1-2-16(22)17-20-14-8-5-12(19)10-15(14)21-17/h3-8,10,16H,1-2,9H2,(H,20,21). The monoisotopic (exact) mass is 379 g/mol. The van der Waals surface area contributed by atoms with Crippen molar-refractivity contribution < 1.29 is 12.8 Å². The summed E-state index contributed by atoms with van der Waals surface area (Å²) in [6.07, 6.45) is 1.40. The van der Waals surface area contributed by atoms with Gasteiger partial charge in [-0.25, -0.2) is 17.8 Å². The van der Waals surface area contributed by atoms with Crippen LogP contribution >= 0.6 is 11.6 Å². The average Bonchev–Trinajstić information content (AvgIpc) is 3.21. The van der Waals surface area contributed by atoms with Gasteiger partial charge in [-0.2, -0.15) is 4.31 Å². The molecule has 8 heteroatoms. The molecule has 3 aromatic rings. The summed E-state index contributed by atoms with van der Waals surface area (Å²) in [7, 11) is -3.66. The van der Waals surface area contributed by atoms with Crippen LogP contribution in [-0.2, 0) is 10.0 Å². The van der Waals surface area contributed by atoms with Gasteiger partial charge in [0.2, 0.25) is 10.0 Å². The van der Waals surface area contributed by atoms with E-state index in [4.69, 9.17) is 11.6 Å². The fraction of sp³-hybridized carbons (Fsp3) is 0.235. The van der Waals surface area contributed by atoms with Crippen molar-refractivity contribution in [2.75, 3.05) is 6.54 Å². The maximum absolute atomic E-state index is 13.4. The number of aromatic amines is 1. The van der Waals surface area contributed by atoms with E-state index < -0.39 is 16.1 Å². The fourth-order valence-corrected chi connectivity index (χ4v) is 4.99. The molecule has 1 saturated heterocycles. The van der Waals surface area contributed by atoms with Gasteiger partial charge in [-0.3, -0.25) is 0 Å². The van der Waals surface area contributed by atoms with E-state index in [2.05, 4.69) is 9.97 Å². The molecule has 1 N–H and O–H groups in total. The lowest BCUT2D eigenvalue weighted by atomic mass is 10.2. The summed E-state index contributed by atoms with van der Waals surface area (Å²) in [4.78, 5) is 7.72. The van der Waals surface area contributed by atoms with Gasteiger partial charge in [-0.1, -0.05) is 11.6 Å². The van der Waals surface area contributed by atoms with Crippen LogP contribution in [0, 0.1) is 5.82 Å². The zero-order valence-corrected chi connectivity index (χ0v) is 14.7. The van der Waals surface area contributed by atoms with Crippen molar-refractivity contribution in [3.05, 3.63) is 59.1 Å². The highest BCUT2D eigenvalue weighted by atomic mass is 35.5. The van der Waals surface area contributed by atoms with E-state index in [9.17, 15) is 12.8 Å². The summed E-state index contributed by atoms with van der Waals surface area (Å²) in [5, 5.41) is 0.483. The third kappa shape index (κ3) is 2.92. The summed E-state index contributed by atoms with van der Waals surface area (Å²) >= 11 is 5.85. The molecule has 0 aliphatic carbocycles. The minimum atomic E-state index is -3.66. The first-order valence-corrected chi connectivity index (χ1v) is 9.69. The van der Waals surface area contributed by atoms with Crippen molar-refractivity contribution in [2.45, 2.75) is 23.8 Å². The molecular formula is C17H15ClFN3O2S. The number of hydrogen-bond donors (Lipinski definition) is 1. The third-order valence-electron chi connectivity index (χ3n) is 4.40. The molecule has 25 heavy (non-hydrogen) atoms. The Balaban J connectivity index is 1.73. The van der Waals surface area contributed by atoms with Crippen LogP contribution in [0.25, 0.3) is 11.0 Å². The van der Waals surface area contributed by atoms with Gasteiger partial charge < -0.3 is 4.98 Å². The number of sulfonamides is 1. The van der Waals surface area contributed by atoms with E-state index in [1.54, 1.807) is 18.2 Å². The van der Waals surface area contributed by atoms with Gasteiger partial charge in [0.1, 0.15) is 11.6 Å². The lowest BCUT2D eigenvalue weighted by molar-refractivity contribution is 0.385. The zero-order chi connectivity index (χ0) is 17.6. The SMILES string of the molecule is O=S(=O)(c1ccc(Cl)cc1)N1CCCC1c1nc2ccc(F)cc2[nH]1. The van der Waals surface area contributed by atoms with Crippen molar-refractivity contribution in [3.63, 3.8) is 0 Å². The molecule has 130 valence electrons. The van der Waals surface area contributed by atoms with Gasteiger partial charge in [0.05, 0.1) is 22.0 Å². The van der Waals surface area contributed by atoms with E-state index in [0.717, 1.165) is 6.42 Å². The van der Waals surface area contributed by atoms with Gasteiger partial charge >= 0.3 is 0 Å². The summed E-state index contributed by atoms with van der Waals surface area (Å²) in [6, 6.07) is 10.0. The number of fused-ring (bicyclic) bond motifs is 1. The highest BCUT2D eigenvalue weighted by Gasteiger charge is 2.37. The van der Waals surface area contributed by atoms with Crippen molar-refractivity contribution in [1.82, 2.24) is 14.3 Å². The molecule has 0 radical (unpaired) electrons. The Morgan fingerprint density at radius 1 is 1.20 bits per heavy atom. The number of imidazole rings is 1. The summed E-state index contributed by atoms with van der Waals surface area (Å²) in [6.45, 7) is 0.418. The van der Waals surface area contributed by atoms with Gasteiger partial charge in [-0.05, 0) is 55.3 Å². The number of H-pyrrole nitrogens is 1. The molecule has 1 aromatic heterocycles. The van der Waals surface area contributed by atoms with Gasteiger partial charge in [0, 0.05) is 11.6 Å². The van der Waals surface area contributed by atoms with Crippen LogP contribution in [0.1, 0.15) is 24.7 Å². The van der Waals surface area contributed by atoms with Crippen LogP contribution in [0.15, 0.2) is 47.4 Å². The number of rotatable bonds is 3. The molecule has 0 amide bonds. The summed E-state index contributed by atoms with van der Waals surface area (Å²) < 4.78 is 40.8. The number of nitrogens with one attached hydrogen (secondary N) is 1. The molecule has 1 aliphatic rings. The predicted molar refractivity (Wildman–Crippen MR) is 93.4 cm³/mol. The third-order valence-corrected chi connectivity index (χ3v) is 6.58. The molecule has 2 heterocycles. The molecule has 0 bridgehead atoms. The highest BCUT2D eigenvalue weighted by molar-refractivity contribution is 7.89. The topological polar surface area (TPSA) is 66.1 Å². The Labute approximate surface area is 149 Å². The van der Waals surface area contributed by atoms with Crippen LogP contribution in [0.3, 0.4) is 0 Å². The molecule has 2 aromatic carbocycles. The second-order valence-electron chi connectivity index (χ2n) is 6.01. The number of benzene rings is 2. The summed E-state index contributed by atoms with van der Waals surface area (Å²) in [5.74, 6) is 0.176. The quantitative estimate of drug-likeness (QED) is 0.751. The zero-order valence-electron chi connectivity index (χ0n) is 13.1. The second-order valence-corrected chi connectivity index (χ2v) is 8.34. The second kappa shape index (κ2) is 6.09. The van der Waals surface area contributed by atoms with Crippen LogP contribution in [0.2, 0.25) is 5.02 Å². The molecule has 1 atom stereocenters. The number of hydrogen-bond acceptors (Lipinski definition) is 3. The lowest BCUT2D eigenvalue weighted by Crippen LogP contribution is -2.31. The molecule has 0 spiro atoms. The molecule has 1 unspecified atom stereocenters. The molecular weight excluding hydrogens is 365 g/mol. The Hall–Kier alpha value is -1.96. The maximum atomic E-state index is 13.4. The number of aromatic nitrogens is 2. The highest BCUT2D eigenvalue weighted by Crippen LogP contribution is 2.36. The lowest BCUT2D eigenvalue weighted by Gasteiger charge is -2.22. The molecule has 5 nitrogen and oxygen atoms in total. The summed E-state index contributed by atoms with van der Waals surface area (Å²) in [5.41, 5.74) is 1.18. The van der Waals surface area contributed by atoms with Crippen LogP contribution in [-0.4, -0.2) is 29.2 Å². The van der Waals surface area contributed by atoms with Gasteiger partial charge in [0.25, 0.3) is 0 Å². The van der Waals surface area contributed by atoms with Gasteiger partial charge in [0.15, 0.2) is 0 Å². The molecule has 4 rings (SSSR count). The number of halogens is 2. The average molecular weight is 380 g/mol. The van der Waals surface area contributed by atoms with E-state index in [0.29, 0.717) is 34.8 Å². The Kier molecular flexibility index (Phi) is 4.02. The molecule has 1 fully saturated rings.